The number of fused-ring (bicyclic) bond motifs is 1. The monoisotopic (exact) mass is 341 g/mol. The molecular formula is C14H20ClN5O3. The summed E-state index contributed by atoms with van der Waals surface area (Å²) in [6.45, 7) is 4.21. The van der Waals surface area contributed by atoms with Crippen LogP contribution in [-0.2, 0) is 17.9 Å². The summed E-state index contributed by atoms with van der Waals surface area (Å²) < 4.78 is 2.56. The molecule has 2 rings (SSSR count). The van der Waals surface area contributed by atoms with Gasteiger partial charge in [0.1, 0.15) is 0 Å². The molecule has 0 saturated carbocycles. The third kappa shape index (κ3) is 3.82. The van der Waals surface area contributed by atoms with E-state index in [1.54, 1.807) is 0 Å². The summed E-state index contributed by atoms with van der Waals surface area (Å²) in [4.78, 5) is 42.7. The van der Waals surface area contributed by atoms with Crippen LogP contribution in [0.2, 0.25) is 5.28 Å². The molecule has 1 amide bonds. The maximum absolute atomic E-state index is 12.6. The van der Waals surface area contributed by atoms with Gasteiger partial charge in [0.15, 0.2) is 11.2 Å². The summed E-state index contributed by atoms with van der Waals surface area (Å²) in [5.41, 5.74) is -0.445. The van der Waals surface area contributed by atoms with Crippen molar-refractivity contribution >= 4 is 28.7 Å². The van der Waals surface area contributed by atoms with Gasteiger partial charge in [-0.05, 0) is 18.0 Å². The van der Waals surface area contributed by atoms with Crippen LogP contribution in [0.5, 0.6) is 0 Å². The molecule has 126 valence electrons. The number of nitrogens with zero attached hydrogens (tertiary/aromatic N) is 3. The Kier molecular flexibility index (Phi) is 5.59. The van der Waals surface area contributed by atoms with Gasteiger partial charge in [-0.3, -0.25) is 18.7 Å². The maximum atomic E-state index is 12.6. The molecule has 0 bridgehead atoms. The second kappa shape index (κ2) is 7.45. The largest absolute Gasteiger partial charge is 0.355 e. The summed E-state index contributed by atoms with van der Waals surface area (Å²) in [7, 11) is 0. The quantitative estimate of drug-likeness (QED) is 0.576. The number of aryl methyl sites for hydroxylation is 1. The van der Waals surface area contributed by atoms with Crippen molar-refractivity contribution < 1.29 is 4.79 Å². The van der Waals surface area contributed by atoms with E-state index >= 15 is 0 Å². The van der Waals surface area contributed by atoms with Crippen LogP contribution in [0.25, 0.3) is 11.2 Å². The van der Waals surface area contributed by atoms with Crippen molar-refractivity contribution in [1.82, 2.24) is 24.4 Å². The molecule has 0 spiro atoms. The van der Waals surface area contributed by atoms with E-state index in [0.29, 0.717) is 6.54 Å². The van der Waals surface area contributed by atoms with E-state index in [-0.39, 0.29) is 35.4 Å². The van der Waals surface area contributed by atoms with Crippen molar-refractivity contribution in [1.29, 1.82) is 0 Å². The zero-order valence-electron chi connectivity index (χ0n) is 13.2. The number of unbranched alkanes of at least 4 members (excludes halogenated alkanes) is 2. The number of hydrogen-bond donors (Lipinski definition) is 2. The third-order valence-corrected chi connectivity index (χ3v) is 3.71. The second-order valence-corrected chi connectivity index (χ2v) is 5.67. The minimum absolute atomic E-state index is 0.0698. The molecule has 0 aliphatic carbocycles. The Morgan fingerprint density at radius 2 is 2.00 bits per heavy atom. The molecule has 0 atom stereocenters. The van der Waals surface area contributed by atoms with Gasteiger partial charge in [-0.2, -0.15) is 4.98 Å². The second-order valence-electron chi connectivity index (χ2n) is 5.31. The van der Waals surface area contributed by atoms with Crippen LogP contribution >= 0.6 is 11.6 Å². The van der Waals surface area contributed by atoms with E-state index in [2.05, 4.69) is 22.2 Å². The highest BCUT2D eigenvalue weighted by molar-refractivity contribution is 6.28. The number of hydrogen-bond acceptors (Lipinski definition) is 4. The van der Waals surface area contributed by atoms with Gasteiger partial charge in [0.2, 0.25) is 11.2 Å². The van der Waals surface area contributed by atoms with E-state index in [1.165, 1.54) is 11.5 Å². The number of carbonyl (C=O) groups excluding carboxylic acids is 1. The zero-order valence-corrected chi connectivity index (χ0v) is 13.9. The Balaban J connectivity index is 2.47. The van der Waals surface area contributed by atoms with Crippen LogP contribution < -0.4 is 16.6 Å². The summed E-state index contributed by atoms with van der Waals surface area (Å²) in [6, 6.07) is 0. The van der Waals surface area contributed by atoms with Crippen molar-refractivity contribution in [2.24, 2.45) is 0 Å². The maximum Gasteiger partial charge on any atom is 0.332 e. The molecule has 0 saturated heterocycles. The number of halogens is 1. The lowest BCUT2D eigenvalue weighted by atomic mass is 10.2. The molecule has 2 aromatic heterocycles. The van der Waals surface area contributed by atoms with Crippen molar-refractivity contribution in [3.8, 4) is 0 Å². The fourth-order valence-corrected chi connectivity index (χ4v) is 2.58. The first-order valence-corrected chi connectivity index (χ1v) is 7.96. The average molecular weight is 342 g/mol. The summed E-state index contributed by atoms with van der Waals surface area (Å²) in [6.07, 6.45) is 2.79. The molecule has 0 radical (unpaired) electrons. The Labute approximate surface area is 137 Å². The molecule has 9 heteroatoms. The van der Waals surface area contributed by atoms with Crippen molar-refractivity contribution in [3.05, 3.63) is 26.1 Å². The lowest BCUT2D eigenvalue weighted by molar-refractivity contribution is -0.118. The summed E-state index contributed by atoms with van der Waals surface area (Å²) in [5.74, 6) is -0.216. The minimum Gasteiger partial charge on any atom is -0.355 e. The van der Waals surface area contributed by atoms with Crippen LogP contribution in [0.4, 0.5) is 0 Å². The van der Waals surface area contributed by atoms with Crippen LogP contribution in [0.1, 0.15) is 33.1 Å². The minimum atomic E-state index is -0.485. The number of imidazole rings is 1. The van der Waals surface area contributed by atoms with Crippen LogP contribution in [0.15, 0.2) is 9.59 Å². The number of aromatic amines is 1. The van der Waals surface area contributed by atoms with Crippen molar-refractivity contribution in [2.75, 3.05) is 6.54 Å². The predicted octanol–water partition coefficient (Wildman–Crippen LogP) is 0.866. The number of nitrogens with one attached hydrogen (secondary N) is 2. The number of carbonyl (C=O) groups is 1. The molecule has 2 heterocycles. The molecule has 0 fully saturated rings. The smallest absolute Gasteiger partial charge is 0.332 e. The van der Waals surface area contributed by atoms with E-state index in [4.69, 9.17) is 11.6 Å². The number of rotatable bonds is 7. The van der Waals surface area contributed by atoms with Gasteiger partial charge in [0, 0.05) is 26.6 Å². The van der Waals surface area contributed by atoms with E-state index in [0.717, 1.165) is 23.8 Å². The zero-order chi connectivity index (χ0) is 17.0. The van der Waals surface area contributed by atoms with Crippen LogP contribution in [-0.4, -0.2) is 31.6 Å². The van der Waals surface area contributed by atoms with Crippen LogP contribution in [0.3, 0.4) is 0 Å². The molecule has 8 nitrogen and oxygen atoms in total. The third-order valence-electron chi connectivity index (χ3n) is 3.53. The molecule has 23 heavy (non-hydrogen) atoms. The summed E-state index contributed by atoms with van der Waals surface area (Å²) >= 11 is 5.85. The van der Waals surface area contributed by atoms with Gasteiger partial charge >= 0.3 is 5.69 Å². The van der Waals surface area contributed by atoms with E-state index in [9.17, 15) is 14.4 Å². The van der Waals surface area contributed by atoms with Gasteiger partial charge in [-0.1, -0.05) is 19.8 Å². The first-order chi connectivity index (χ1) is 11.0. The van der Waals surface area contributed by atoms with Gasteiger partial charge in [0.25, 0.3) is 5.56 Å². The lowest BCUT2D eigenvalue weighted by Gasteiger charge is -2.11. The topological polar surface area (TPSA) is 102 Å². The number of aromatic nitrogens is 4. The molecule has 2 N–H and O–H groups in total. The van der Waals surface area contributed by atoms with E-state index in [1.807, 2.05) is 0 Å². The average Bonchev–Trinajstić information content (AvgIpc) is 2.88. The predicted molar refractivity (Wildman–Crippen MR) is 87.8 cm³/mol. The Hall–Kier alpha value is -2.09. The Bertz CT molecular complexity index is 820. The van der Waals surface area contributed by atoms with Crippen LogP contribution in [0, 0.1) is 0 Å². The molecular weight excluding hydrogens is 322 g/mol. The first-order valence-electron chi connectivity index (χ1n) is 7.59. The standard InChI is InChI=1S/C14H20ClN5O3/c1-3-4-5-7-19-11-10(17-13(15)18-11)12(22)20(14(19)23)8-6-16-9(2)21/h3-8H2,1-2H3,(H,16,21)(H,17,18). The molecule has 2 aromatic rings. The van der Waals surface area contributed by atoms with Crippen molar-refractivity contribution in [3.63, 3.8) is 0 Å². The van der Waals surface area contributed by atoms with Gasteiger partial charge in [-0.25, -0.2) is 4.79 Å². The van der Waals surface area contributed by atoms with Crippen molar-refractivity contribution in [2.45, 2.75) is 46.2 Å². The molecule has 0 aliphatic rings. The van der Waals surface area contributed by atoms with Gasteiger partial charge in [0.05, 0.1) is 0 Å². The SMILES string of the molecule is CCCCCn1c(=O)n(CCNC(C)=O)c(=O)c2[nH]c(Cl)nc21. The highest BCUT2D eigenvalue weighted by atomic mass is 35.5. The first kappa shape index (κ1) is 17.3. The Morgan fingerprint density at radius 3 is 2.65 bits per heavy atom. The number of H-pyrrole nitrogens is 1. The van der Waals surface area contributed by atoms with Gasteiger partial charge in [-0.15, -0.1) is 0 Å². The summed E-state index contributed by atoms with van der Waals surface area (Å²) in [5, 5.41) is 2.64. The highest BCUT2D eigenvalue weighted by Crippen LogP contribution is 2.10. The van der Waals surface area contributed by atoms with E-state index < -0.39 is 11.2 Å². The fraction of sp³-hybridized carbons (Fsp3) is 0.571. The Morgan fingerprint density at radius 1 is 1.26 bits per heavy atom. The fourth-order valence-electron chi connectivity index (χ4n) is 2.40. The molecule has 0 unspecified atom stereocenters. The molecule has 0 aromatic carbocycles. The van der Waals surface area contributed by atoms with Gasteiger partial charge < -0.3 is 10.3 Å². The normalized spacial score (nSPS) is 11.1. The highest BCUT2D eigenvalue weighted by Gasteiger charge is 2.16. The number of amides is 1. The molecule has 0 aliphatic heterocycles. The lowest BCUT2D eigenvalue weighted by Crippen LogP contribution is -2.42.